The van der Waals surface area contributed by atoms with Crippen LogP contribution in [0.2, 0.25) is 0 Å². The van der Waals surface area contributed by atoms with Crippen molar-refractivity contribution in [2.24, 2.45) is 0 Å². The van der Waals surface area contributed by atoms with E-state index in [1.807, 2.05) is 13.8 Å². The lowest BCUT2D eigenvalue weighted by molar-refractivity contribution is 0.555. The Morgan fingerprint density at radius 1 is 1.09 bits per heavy atom. The maximum Gasteiger partial charge on any atom is 0.00103 e. The van der Waals surface area contributed by atoms with Crippen molar-refractivity contribution in [1.82, 2.24) is 5.32 Å². The first-order valence-electron chi connectivity index (χ1n) is 5.00. The summed E-state index contributed by atoms with van der Waals surface area (Å²) in [5.74, 6) is 0. The zero-order chi connectivity index (χ0) is 9.11. The highest BCUT2D eigenvalue weighted by Gasteiger charge is 1.89. The van der Waals surface area contributed by atoms with Crippen LogP contribution in [0.15, 0.2) is 0 Å². The van der Waals surface area contributed by atoms with E-state index < -0.39 is 0 Å². The standard InChI is InChI=1S/C8H19N.C2H6/c1-4-5-6-7-9-8(2)3;1-2/h8-9H,4-7H2,1-3H3;1-2H3. The molecule has 0 aliphatic heterocycles. The summed E-state index contributed by atoms with van der Waals surface area (Å²) in [7, 11) is 0. The first-order valence-corrected chi connectivity index (χ1v) is 5.00. The average molecular weight is 159 g/mol. The van der Waals surface area contributed by atoms with Gasteiger partial charge in [0.25, 0.3) is 0 Å². The predicted molar refractivity (Wildman–Crippen MR) is 54.0 cm³/mol. The molecule has 1 N–H and O–H groups in total. The van der Waals surface area contributed by atoms with E-state index in [9.17, 15) is 0 Å². The summed E-state index contributed by atoms with van der Waals surface area (Å²) in [5.41, 5.74) is 0. The third-order valence-electron chi connectivity index (χ3n) is 1.33. The highest BCUT2D eigenvalue weighted by Crippen LogP contribution is 1.91. The van der Waals surface area contributed by atoms with Gasteiger partial charge in [-0.25, -0.2) is 0 Å². The highest BCUT2D eigenvalue weighted by molar-refractivity contribution is 4.51. The van der Waals surface area contributed by atoms with Crippen LogP contribution >= 0.6 is 0 Å². The van der Waals surface area contributed by atoms with Crippen molar-refractivity contribution in [2.75, 3.05) is 6.54 Å². The highest BCUT2D eigenvalue weighted by atomic mass is 14.9. The molecule has 0 rings (SSSR count). The van der Waals surface area contributed by atoms with Crippen LogP contribution < -0.4 is 5.32 Å². The Hall–Kier alpha value is -0.0400. The monoisotopic (exact) mass is 159 g/mol. The van der Waals surface area contributed by atoms with Crippen LogP contribution in [0.1, 0.15) is 53.9 Å². The Bertz CT molecular complexity index is 50.8. The topological polar surface area (TPSA) is 12.0 Å². The van der Waals surface area contributed by atoms with Gasteiger partial charge >= 0.3 is 0 Å². The zero-order valence-electron chi connectivity index (χ0n) is 8.91. The minimum atomic E-state index is 0.654. The van der Waals surface area contributed by atoms with Crippen molar-refractivity contribution < 1.29 is 0 Å². The molecule has 0 heterocycles. The molecule has 0 spiro atoms. The summed E-state index contributed by atoms with van der Waals surface area (Å²) < 4.78 is 0. The lowest BCUT2D eigenvalue weighted by Gasteiger charge is -2.05. The number of hydrogen-bond donors (Lipinski definition) is 1. The number of rotatable bonds is 5. The fraction of sp³-hybridized carbons (Fsp3) is 1.00. The van der Waals surface area contributed by atoms with E-state index in [-0.39, 0.29) is 0 Å². The molecular formula is C10H25N. The maximum absolute atomic E-state index is 3.38. The fourth-order valence-electron chi connectivity index (χ4n) is 0.766. The van der Waals surface area contributed by atoms with E-state index in [1.54, 1.807) is 0 Å². The van der Waals surface area contributed by atoms with Gasteiger partial charge in [0, 0.05) is 6.04 Å². The summed E-state index contributed by atoms with van der Waals surface area (Å²) in [5, 5.41) is 3.38. The Labute approximate surface area is 72.6 Å². The Kier molecular flexibility index (Phi) is 15.5. The summed E-state index contributed by atoms with van der Waals surface area (Å²) in [6.45, 7) is 11.8. The van der Waals surface area contributed by atoms with Crippen molar-refractivity contribution in [3.63, 3.8) is 0 Å². The fourth-order valence-corrected chi connectivity index (χ4v) is 0.766. The number of hydrogen-bond acceptors (Lipinski definition) is 1. The molecule has 0 radical (unpaired) electrons. The molecule has 70 valence electrons. The van der Waals surface area contributed by atoms with Crippen molar-refractivity contribution >= 4 is 0 Å². The van der Waals surface area contributed by atoms with Gasteiger partial charge in [0.1, 0.15) is 0 Å². The molecule has 1 nitrogen and oxygen atoms in total. The van der Waals surface area contributed by atoms with Crippen LogP contribution in [0.3, 0.4) is 0 Å². The van der Waals surface area contributed by atoms with E-state index in [0.29, 0.717) is 6.04 Å². The minimum absolute atomic E-state index is 0.654. The van der Waals surface area contributed by atoms with Gasteiger partial charge in [-0.05, 0) is 13.0 Å². The van der Waals surface area contributed by atoms with Gasteiger partial charge in [-0.2, -0.15) is 0 Å². The Morgan fingerprint density at radius 2 is 1.64 bits per heavy atom. The van der Waals surface area contributed by atoms with Crippen LogP contribution in [0.4, 0.5) is 0 Å². The molecule has 0 amide bonds. The van der Waals surface area contributed by atoms with Gasteiger partial charge in [-0.3, -0.25) is 0 Å². The molecule has 0 aliphatic rings. The molecule has 0 bridgehead atoms. The zero-order valence-corrected chi connectivity index (χ0v) is 8.91. The smallest absolute Gasteiger partial charge is 0.00103 e. The van der Waals surface area contributed by atoms with Crippen LogP contribution in [0, 0.1) is 0 Å². The van der Waals surface area contributed by atoms with Crippen molar-refractivity contribution in [3.8, 4) is 0 Å². The van der Waals surface area contributed by atoms with Crippen LogP contribution in [0.25, 0.3) is 0 Å². The summed E-state index contributed by atoms with van der Waals surface area (Å²) >= 11 is 0. The molecule has 0 unspecified atom stereocenters. The van der Waals surface area contributed by atoms with Gasteiger partial charge < -0.3 is 5.32 Å². The number of nitrogens with one attached hydrogen (secondary N) is 1. The molecule has 1 heteroatoms. The third kappa shape index (κ3) is 17.8. The van der Waals surface area contributed by atoms with E-state index >= 15 is 0 Å². The van der Waals surface area contributed by atoms with Gasteiger partial charge in [0.05, 0.1) is 0 Å². The largest absolute Gasteiger partial charge is 0.315 e. The van der Waals surface area contributed by atoms with Crippen molar-refractivity contribution in [2.45, 2.75) is 59.9 Å². The van der Waals surface area contributed by atoms with Crippen LogP contribution in [-0.4, -0.2) is 12.6 Å². The second-order valence-electron chi connectivity index (χ2n) is 2.82. The number of unbranched alkanes of at least 4 members (excludes halogenated alkanes) is 2. The lowest BCUT2D eigenvalue weighted by atomic mass is 10.2. The Morgan fingerprint density at radius 3 is 2.00 bits per heavy atom. The first kappa shape index (κ1) is 13.5. The van der Waals surface area contributed by atoms with Crippen molar-refractivity contribution in [3.05, 3.63) is 0 Å². The predicted octanol–water partition coefficient (Wildman–Crippen LogP) is 3.20. The van der Waals surface area contributed by atoms with E-state index in [0.717, 1.165) is 0 Å². The summed E-state index contributed by atoms with van der Waals surface area (Å²) in [4.78, 5) is 0. The summed E-state index contributed by atoms with van der Waals surface area (Å²) in [6, 6.07) is 0.654. The molecule has 0 aromatic heterocycles. The molecule has 0 atom stereocenters. The molecule has 0 aromatic rings. The van der Waals surface area contributed by atoms with Gasteiger partial charge in [0.2, 0.25) is 0 Å². The van der Waals surface area contributed by atoms with E-state index in [2.05, 4.69) is 26.1 Å². The van der Waals surface area contributed by atoms with E-state index in [1.165, 1.54) is 25.8 Å². The summed E-state index contributed by atoms with van der Waals surface area (Å²) in [6.07, 6.45) is 4.01. The SMILES string of the molecule is CC.CCCCCNC(C)C. The molecule has 0 fully saturated rings. The molecule has 0 saturated carbocycles. The second-order valence-corrected chi connectivity index (χ2v) is 2.82. The maximum atomic E-state index is 3.38. The second kappa shape index (κ2) is 12.6. The van der Waals surface area contributed by atoms with E-state index in [4.69, 9.17) is 0 Å². The van der Waals surface area contributed by atoms with Crippen LogP contribution in [0.5, 0.6) is 0 Å². The molecule has 0 aromatic carbocycles. The van der Waals surface area contributed by atoms with Crippen molar-refractivity contribution in [1.29, 1.82) is 0 Å². The molecule has 0 aliphatic carbocycles. The molecule has 0 saturated heterocycles. The molecule has 11 heavy (non-hydrogen) atoms. The van der Waals surface area contributed by atoms with Crippen LogP contribution in [-0.2, 0) is 0 Å². The quantitative estimate of drug-likeness (QED) is 0.607. The lowest BCUT2D eigenvalue weighted by Crippen LogP contribution is -2.23. The molecular weight excluding hydrogens is 134 g/mol. The normalized spacial score (nSPS) is 9.27. The first-order chi connectivity index (χ1) is 5.27. The average Bonchev–Trinajstić information content (AvgIpc) is 2.02. The van der Waals surface area contributed by atoms with Gasteiger partial charge in [-0.15, -0.1) is 0 Å². The Balaban J connectivity index is 0. The minimum Gasteiger partial charge on any atom is -0.315 e. The van der Waals surface area contributed by atoms with Gasteiger partial charge in [-0.1, -0.05) is 47.5 Å². The third-order valence-corrected chi connectivity index (χ3v) is 1.33. The van der Waals surface area contributed by atoms with Gasteiger partial charge in [0.15, 0.2) is 0 Å².